The van der Waals surface area contributed by atoms with Crippen molar-refractivity contribution in [3.63, 3.8) is 0 Å². The number of rotatable bonds is 7. The number of benzene rings is 1. The van der Waals surface area contributed by atoms with E-state index in [9.17, 15) is 0 Å². The van der Waals surface area contributed by atoms with Crippen LogP contribution in [-0.4, -0.2) is 12.4 Å². The highest BCUT2D eigenvalue weighted by Crippen LogP contribution is 2.32. The Balaban J connectivity index is 2.88. The molecule has 0 amide bonds. The van der Waals surface area contributed by atoms with Gasteiger partial charge in [0.1, 0.15) is 5.75 Å². The molecule has 0 saturated heterocycles. The maximum atomic E-state index is 6.12. The molecule has 1 aromatic carbocycles. The van der Waals surface area contributed by atoms with Gasteiger partial charge in [-0.15, -0.1) is 0 Å². The quantitative estimate of drug-likeness (QED) is 0.674. The van der Waals surface area contributed by atoms with Crippen molar-refractivity contribution in [3.8, 4) is 5.75 Å². The van der Waals surface area contributed by atoms with Gasteiger partial charge in [0.05, 0.1) is 6.61 Å². The summed E-state index contributed by atoms with van der Waals surface area (Å²) in [5, 5.41) is 0. The molecule has 0 aliphatic heterocycles. The minimum Gasteiger partial charge on any atom is -0.493 e. The van der Waals surface area contributed by atoms with E-state index >= 15 is 0 Å². The second-order valence-electron chi connectivity index (χ2n) is 6.58. The van der Waals surface area contributed by atoms with Crippen LogP contribution < -0.4 is 4.74 Å². The monoisotopic (exact) mass is 294 g/mol. The van der Waals surface area contributed by atoms with Gasteiger partial charge in [-0.25, -0.2) is 0 Å². The molecule has 0 radical (unpaired) electrons. The zero-order valence-electron chi connectivity index (χ0n) is 13.7. The van der Waals surface area contributed by atoms with Crippen molar-refractivity contribution in [2.75, 3.05) is 12.4 Å². The summed E-state index contributed by atoms with van der Waals surface area (Å²) < 4.78 is 6.12. The molecular weight excluding hydrogens is 264 g/mol. The third kappa shape index (κ3) is 5.05. The molecule has 0 bridgehead atoms. The second-order valence-corrected chi connectivity index (χ2v) is 6.95. The van der Waals surface area contributed by atoms with Crippen LogP contribution in [0.4, 0.5) is 0 Å². The first-order chi connectivity index (χ1) is 9.42. The van der Waals surface area contributed by atoms with E-state index in [-0.39, 0.29) is 5.41 Å². The predicted octanol–water partition coefficient (Wildman–Crippen LogP) is 5.27. The largest absolute Gasteiger partial charge is 0.493 e. The molecule has 0 fully saturated rings. The molecule has 1 rings (SSSR count). The first-order valence-electron chi connectivity index (χ1n) is 7.79. The summed E-state index contributed by atoms with van der Waals surface area (Å²) in [5.41, 5.74) is 2.80. The molecular formula is C18H30OS. The fraction of sp³-hybridized carbons (Fsp3) is 0.667. The number of thiol groups is 1. The lowest BCUT2D eigenvalue weighted by molar-refractivity contribution is 0.249. The fourth-order valence-corrected chi connectivity index (χ4v) is 2.64. The minimum absolute atomic E-state index is 0.113. The van der Waals surface area contributed by atoms with Crippen LogP contribution >= 0.6 is 12.6 Å². The molecule has 1 atom stereocenters. The maximum Gasteiger partial charge on any atom is 0.123 e. The van der Waals surface area contributed by atoms with E-state index in [0.29, 0.717) is 5.92 Å². The van der Waals surface area contributed by atoms with Crippen LogP contribution in [-0.2, 0) is 11.8 Å². The van der Waals surface area contributed by atoms with E-state index in [1.54, 1.807) is 0 Å². The van der Waals surface area contributed by atoms with E-state index in [2.05, 4.69) is 65.4 Å². The van der Waals surface area contributed by atoms with Crippen LogP contribution in [0.5, 0.6) is 5.75 Å². The normalized spacial score (nSPS) is 13.3. The molecule has 0 aromatic heterocycles. The van der Waals surface area contributed by atoms with Gasteiger partial charge in [0, 0.05) is 5.92 Å². The third-order valence-electron chi connectivity index (χ3n) is 3.69. The van der Waals surface area contributed by atoms with Gasteiger partial charge in [-0.05, 0) is 41.2 Å². The number of ether oxygens (including phenoxy) is 1. The van der Waals surface area contributed by atoms with Gasteiger partial charge in [-0.3, -0.25) is 0 Å². The summed E-state index contributed by atoms with van der Waals surface area (Å²) in [6.07, 6.45) is 3.44. The minimum atomic E-state index is 0.113. The van der Waals surface area contributed by atoms with Gasteiger partial charge in [0.15, 0.2) is 0 Å². The zero-order chi connectivity index (χ0) is 15.2. The summed E-state index contributed by atoms with van der Waals surface area (Å²) in [5.74, 6) is 2.48. The van der Waals surface area contributed by atoms with E-state index in [1.807, 2.05) is 0 Å². The van der Waals surface area contributed by atoms with Gasteiger partial charge in [-0.1, -0.05) is 53.2 Å². The van der Waals surface area contributed by atoms with Gasteiger partial charge < -0.3 is 4.74 Å². The third-order valence-corrected chi connectivity index (χ3v) is 4.21. The summed E-state index contributed by atoms with van der Waals surface area (Å²) in [7, 11) is 0. The summed E-state index contributed by atoms with van der Waals surface area (Å²) in [6.45, 7) is 11.9. The van der Waals surface area contributed by atoms with Crippen LogP contribution in [0.3, 0.4) is 0 Å². The summed E-state index contributed by atoms with van der Waals surface area (Å²) in [6, 6.07) is 6.62. The maximum absolute atomic E-state index is 6.12. The first-order valence-corrected chi connectivity index (χ1v) is 8.42. The highest BCUT2D eigenvalue weighted by molar-refractivity contribution is 7.80. The van der Waals surface area contributed by atoms with Crippen molar-refractivity contribution in [2.24, 2.45) is 5.92 Å². The zero-order valence-corrected chi connectivity index (χ0v) is 14.6. The molecule has 1 nitrogen and oxygen atoms in total. The van der Waals surface area contributed by atoms with Crippen molar-refractivity contribution in [1.82, 2.24) is 0 Å². The molecule has 2 heteroatoms. The van der Waals surface area contributed by atoms with Gasteiger partial charge in [0.25, 0.3) is 0 Å². The fourth-order valence-electron chi connectivity index (χ4n) is 2.35. The van der Waals surface area contributed by atoms with Crippen molar-refractivity contribution >= 4 is 12.6 Å². The van der Waals surface area contributed by atoms with Crippen LogP contribution in [0.1, 0.15) is 58.6 Å². The Hall–Kier alpha value is -0.630. The highest BCUT2D eigenvalue weighted by Gasteiger charge is 2.20. The van der Waals surface area contributed by atoms with Crippen molar-refractivity contribution in [1.29, 1.82) is 0 Å². The van der Waals surface area contributed by atoms with Crippen LogP contribution in [0.15, 0.2) is 18.2 Å². The molecule has 0 saturated carbocycles. The summed E-state index contributed by atoms with van der Waals surface area (Å²) in [4.78, 5) is 0. The number of hydrogen-bond donors (Lipinski definition) is 1. The van der Waals surface area contributed by atoms with Crippen LogP contribution in [0, 0.1) is 5.92 Å². The molecule has 0 aliphatic carbocycles. The lowest BCUT2D eigenvalue weighted by Gasteiger charge is -2.25. The average Bonchev–Trinajstić information content (AvgIpc) is 2.42. The van der Waals surface area contributed by atoms with E-state index in [0.717, 1.165) is 24.5 Å². The standard InChI is InChI=1S/C18H30OS/c1-6-8-15(13-20)12-19-17-10-9-14(7-2)11-16(17)18(3,4)5/h9-11,15,20H,6-8,12-13H2,1-5H3. The molecule has 0 spiro atoms. The Morgan fingerprint density at radius 1 is 1.20 bits per heavy atom. The van der Waals surface area contributed by atoms with Gasteiger partial charge in [-0.2, -0.15) is 12.6 Å². The van der Waals surface area contributed by atoms with Crippen molar-refractivity contribution in [3.05, 3.63) is 29.3 Å². The van der Waals surface area contributed by atoms with Crippen molar-refractivity contribution in [2.45, 2.75) is 59.3 Å². The second kappa shape index (κ2) is 7.97. The lowest BCUT2D eigenvalue weighted by atomic mass is 9.85. The SMILES string of the molecule is CCCC(CS)COc1ccc(CC)cc1C(C)(C)C. The molecule has 0 heterocycles. The van der Waals surface area contributed by atoms with E-state index in [4.69, 9.17) is 4.74 Å². The molecule has 1 aromatic rings. The molecule has 0 N–H and O–H groups in total. The van der Waals surface area contributed by atoms with E-state index < -0.39 is 0 Å². The smallest absolute Gasteiger partial charge is 0.123 e. The number of hydrogen-bond acceptors (Lipinski definition) is 2. The van der Waals surface area contributed by atoms with Crippen molar-refractivity contribution < 1.29 is 4.74 Å². The Labute approximate surface area is 130 Å². The lowest BCUT2D eigenvalue weighted by Crippen LogP contribution is -2.18. The Kier molecular flexibility index (Phi) is 6.94. The van der Waals surface area contributed by atoms with Gasteiger partial charge >= 0.3 is 0 Å². The van der Waals surface area contributed by atoms with Crippen LogP contribution in [0.25, 0.3) is 0 Å². The first kappa shape index (κ1) is 17.4. The highest BCUT2D eigenvalue weighted by atomic mass is 32.1. The molecule has 20 heavy (non-hydrogen) atoms. The predicted molar refractivity (Wildman–Crippen MR) is 92.3 cm³/mol. The van der Waals surface area contributed by atoms with Crippen LogP contribution in [0.2, 0.25) is 0 Å². The average molecular weight is 295 g/mol. The Morgan fingerprint density at radius 3 is 2.40 bits per heavy atom. The van der Waals surface area contributed by atoms with Gasteiger partial charge in [0.2, 0.25) is 0 Å². The topological polar surface area (TPSA) is 9.23 Å². The molecule has 114 valence electrons. The van der Waals surface area contributed by atoms with E-state index in [1.165, 1.54) is 24.0 Å². The molecule has 0 aliphatic rings. The molecule has 1 unspecified atom stereocenters. The number of aryl methyl sites for hydroxylation is 1. The Morgan fingerprint density at radius 2 is 1.90 bits per heavy atom. The Bertz CT molecular complexity index is 406. The summed E-state index contributed by atoms with van der Waals surface area (Å²) >= 11 is 4.43.